The first-order chi connectivity index (χ1) is 8.97. The molecule has 0 aromatic carbocycles. The molecule has 1 amide bonds. The highest BCUT2D eigenvalue weighted by Gasteiger charge is 2.17. The number of halogens is 1. The lowest BCUT2D eigenvalue weighted by Gasteiger charge is -2.16. The predicted molar refractivity (Wildman–Crippen MR) is 79.0 cm³/mol. The largest absolute Gasteiger partial charge is 0.383 e. The third kappa shape index (κ3) is 3.30. The van der Waals surface area contributed by atoms with Crippen LogP contribution >= 0.6 is 27.3 Å². The van der Waals surface area contributed by atoms with Crippen molar-refractivity contribution in [1.29, 1.82) is 0 Å². The van der Waals surface area contributed by atoms with Crippen LogP contribution in [0.2, 0.25) is 0 Å². The maximum atomic E-state index is 12.3. The number of pyridine rings is 1. The normalized spacial score (nSPS) is 10.5. The summed E-state index contributed by atoms with van der Waals surface area (Å²) < 4.78 is 0.725. The average molecular weight is 341 g/mol. The van der Waals surface area contributed by atoms with E-state index in [2.05, 4.69) is 25.9 Å². The number of aromatic nitrogens is 2. The summed E-state index contributed by atoms with van der Waals surface area (Å²) in [5.74, 6) is 0.0615. The number of hydrogen-bond acceptors (Lipinski definition) is 5. The Morgan fingerprint density at radius 2 is 2.32 bits per heavy atom. The first kappa shape index (κ1) is 14.0. The summed E-state index contributed by atoms with van der Waals surface area (Å²) >= 11 is 4.85. The number of carbonyl (C=O) groups is 1. The van der Waals surface area contributed by atoms with E-state index in [1.54, 1.807) is 35.5 Å². The van der Waals surface area contributed by atoms with Gasteiger partial charge in [-0.25, -0.2) is 9.97 Å². The van der Waals surface area contributed by atoms with Crippen molar-refractivity contribution in [2.24, 2.45) is 0 Å². The SMILES string of the molecule is Cc1nc(CN(C)C(=O)c2cc(Br)cnc2N)cs1. The van der Waals surface area contributed by atoms with Crippen molar-refractivity contribution in [3.63, 3.8) is 0 Å². The van der Waals surface area contributed by atoms with Crippen molar-refractivity contribution in [3.8, 4) is 0 Å². The molecule has 0 unspecified atom stereocenters. The molecule has 7 heteroatoms. The molecule has 0 saturated heterocycles. The standard InChI is InChI=1S/C12H13BrN4OS/c1-7-16-9(6-19-7)5-17(2)12(18)10-3-8(13)4-15-11(10)14/h3-4,6H,5H2,1-2H3,(H2,14,15). The highest BCUT2D eigenvalue weighted by atomic mass is 79.9. The number of nitrogens with zero attached hydrogens (tertiary/aromatic N) is 3. The number of thiazole rings is 1. The van der Waals surface area contributed by atoms with E-state index < -0.39 is 0 Å². The van der Waals surface area contributed by atoms with E-state index in [1.165, 1.54) is 0 Å². The van der Waals surface area contributed by atoms with Gasteiger partial charge < -0.3 is 10.6 Å². The number of nitrogens with two attached hydrogens (primary N) is 1. The Hall–Kier alpha value is -1.47. The summed E-state index contributed by atoms with van der Waals surface area (Å²) in [5, 5.41) is 2.93. The van der Waals surface area contributed by atoms with Crippen LogP contribution in [0, 0.1) is 6.92 Å². The van der Waals surface area contributed by atoms with Gasteiger partial charge in [-0.15, -0.1) is 11.3 Å². The van der Waals surface area contributed by atoms with Crippen LogP contribution < -0.4 is 5.73 Å². The van der Waals surface area contributed by atoms with Crippen LogP contribution in [0.25, 0.3) is 0 Å². The molecule has 5 nitrogen and oxygen atoms in total. The molecule has 2 heterocycles. The van der Waals surface area contributed by atoms with Gasteiger partial charge in [0.25, 0.3) is 5.91 Å². The average Bonchev–Trinajstić information content (AvgIpc) is 2.77. The predicted octanol–water partition coefficient (Wildman–Crippen LogP) is 2.46. The van der Waals surface area contributed by atoms with Gasteiger partial charge in [0, 0.05) is 23.1 Å². The minimum absolute atomic E-state index is 0.169. The van der Waals surface area contributed by atoms with E-state index in [4.69, 9.17) is 5.73 Å². The fourth-order valence-electron chi connectivity index (χ4n) is 1.62. The summed E-state index contributed by atoms with van der Waals surface area (Å²) in [6.45, 7) is 2.39. The molecular formula is C12H13BrN4OS. The van der Waals surface area contributed by atoms with Crippen LogP contribution in [-0.4, -0.2) is 27.8 Å². The van der Waals surface area contributed by atoms with Crippen molar-refractivity contribution in [1.82, 2.24) is 14.9 Å². The van der Waals surface area contributed by atoms with E-state index in [1.807, 2.05) is 12.3 Å². The van der Waals surface area contributed by atoms with E-state index in [0.717, 1.165) is 15.2 Å². The van der Waals surface area contributed by atoms with Gasteiger partial charge in [-0.3, -0.25) is 4.79 Å². The Kier molecular flexibility index (Phi) is 4.16. The summed E-state index contributed by atoms with van der Waals surface area (Å²) in [7, 11) is 1.72. The van der Waals surface area contributed by atoms with E-state index in [0.29, 0.717) is 12.1 Å². The van der Waals surface area contributed by atoms with Crippen LogP contribution in [0.4, 0.5) is 5.82 Å². The zero-order chi connectivity index (χ0) is 14.0. The molecule has 2 rings (SSSR count). The topological polar surface area (TPSA) is 72.1 Å². The minimum Gasteiger partial charge on any atom is -0.383 e. The number of amides is 1. The summed E-state index contributed by atoms with van der Waals surface area (Å²) in [6.07, 6.45) is 1.57. The van der Waals surface area contributed by atoms with Crippen LogP contribution in [0.3, 0.4) is 0 Å². The van der Waals surface area contributed by atoms with Gasteiger partial charge >= 0.3 is 0 Å². The van der Waals surface area contributed by atoms with Crippen molar-refractivity contribution < 1.29 is 4.79 Å². The quantitative estimate of drug-likeness (QED) is 0.931. The second kappa shape index (κ2) is 5.66. The third-order valence-electron chi connectivity index (χ3n) is 2.53. The zero-order valence-corrected chi connectivity index (χ0v) is 13.0. The van der Waals surface area contributed by atoms with Gasteiger partial charge in [0.2, 0.25) is 0 Å². The minimum atomic E-state index is -0.169. The van der Waals surface area contributed by atoms with Gasteiger partial charge in [-0.2, -0.15) is 0 Å². The molecule has 0 aliphatic rings. The molecule has 2 N–H and O–H groups in total. The van der Waals surface area contributed by atoms with E-state index in [9.17, 15) is 4.79 Å². The molecule has 2 aromatic rings. The molecule has 0 radical (unpaired) electrons. The van der Waals surface area contributed by atoms with Crippen molar-refractivity contribution in [2.45, 2.75) is 13.5 Å². The van der Waals surface area contributed by atoms with Gasteiger partial charge in [-0.1, -0.05) is 0 Å². The zero-order valence-electron chi connectivity index (χ0n) is 10.6. The summed E-state index contributed by atoms with van der Waals surface area (Å²) in [5.41, 5.74) is 7.00. The lowest BCUT2D eigenvalue weighted by atomic mass is 10.2. The Balaban J connectivity index is 2.16. The lowest BCUT2D eigenvalue weighted by Crippen LogP contribution is -2.27. The number of anilines is 1. The smallest absolute Gasteiger partial charge is 0.257 e. The highest BCUT2D eigenvalue weighted by molar-refractivity contribution is 9.10. The molecule has 19 heavy (non-hydrogen) atoms. The summed E-state index contributed by atoms with van der Waals surface area (Å²) in [4.78, 5) is 22.2. The Labute approximate surface area is 123 Å². The van der Waals surface area contributed by atoms with Crippen molar-refractivity contribution >= 4 is 39.0 Å². The fraction of sp³-hybridized carbons (Fsp3) is 0.250. The number of hydrogen-bond donors (Lipinski definition) is 1. The number of carbonyl (C=O) groups excluding carboxylic acids is 1. The van der Waals surface area contributed by atoms with Gasteiger partial charge in [0.15, 0.2) is 0 Å². The monoisotopic (exact) mass is 340 g/mol. The molecule has 100 valence electrons. The third-order valence-corrected chi connectivity index (χ3v) is 3.78. The molecule has 0 saturated carbocycles. The fourth-order valence-corrected chi connectivity index (χ4v) is 2.56. The first-order valence-electron chi connectivity index (χ1n) is 5.55. The number of nitrogen functional groups attached to an aromatic ring is 1. The van der Waals surface area contributed by atoms with E-state index in [-0.39, 0.29) is 11.7 Å². The second-order valence-electron chi connectivity index (χ2n) is 4.11. The van der Waals surface area contributed by atoms with Crippen LogP contribution in [-0.2, 0) is 6.54 Å². The molecule has 0 fully saturated rings. The molecule has 0 spiro atoms. The number of rotatable bonds is 3. The molecule has 0 atom stereocenters. The van der Waals surface area contributed by atoms with Crippen LogP contribution in [0.5, 0.6) is 0 Å². The molecule has 0 aliphatic heterocycles. The van der Waals surface area contributed by atoms with Crippen LogP contribution in [0.1, 0.15) is 21.1 Å². The lowest BCUT2D eigenvalue weighted by molar-refractivity contribution is 0.0784. The van der Waals surface area contributed by atoms with Crippen molar-refractivity contribution in [3.05, 3.63) is 38.4 Å². The second-order valence-corrected chi connectivity index (χ2v) is 6.08. The maximum absolute atomic E-state index is 12.3. The molecular weight excluding hydrogens is 328 g/mol. The molecule has 0 aliphatic carbocycles. The van der Waals surface area contributed by atoms with Gasteiger partial charge in [0.1, 0.15) is 5.82 Å². The van der Waals surface area contributed by atoms with Gasteiger partial charge in [0.05, 0.1) is 22.8 Å². The summed E-state index contributed by atoms with van der Waals surface area (Å²) in [6, 6.07) is 1.67. The first-order valence-corrected chi connectivity index (χ1v) is 7.22. The van der Waals surface area contributed by atoms with E-state index >= 15 is 0 Å². The molecule has 2 aromatic heterocycles. The highest BCUT2D eigenvalue weighted by Crippen LogP contribution is 2.18. The van der Waals surface area contributed by atoms with Crippen molar-refractivity contribution in [2.75, 3.05) is 12.8 Å². The Morgan fingerprint density at radius 3 is 2.95 bits per heavy atom. The number of aryl methyl sites for hydroxylation is 1. The van der Waals surface area contributed by atoms with Gasteiger partial charge in [-0.05, 0) is 28.9 Å². The maximum Gasteiger partial charge on any atom is 0.257 e. The molecule has 0 bridgehead atoms. The Morgan fingerprint density at radius 1 is 1.58 bits per heavy atom. The Bertz CT molecular complexity index is 614. The van der Waals surface area contributed by atoms with Crippen LogP contribution in [0.15, 0.2) is 22.1 Å².